The van der Waals surface area contributed by atoms with E-state index in [1.807, 2.05) is 24.3 Å². The third kappa shape index (κ3) is 8.50. The first-order valence-corrected chi connectivity index (χ1v) is 12.6. The molecule has 11 heteroatoms. The fourth-order valence-corrected chi connectivity index (χ4v) is 3.90. The van der Waals surface area contributed by atoms with E-state index in [4.69, 9.17) is 9.47 Å². The van der Waals surface area contributed by atoms with E-state index < -0.39 is 47.6 Å². The highest BCUT2D eigenvalue weighted by Gasteiger charge is 2.29. The minimum atomic E-state index is -0.970. The van der Waals surface area contributed by atoms with Crippen LogP contribution in [0.5, 0.6) is 0 Å². The zero-order chi connectivity index (χ0) is 26.2. The van der Waals surface area contributed by atoms with Gasteiger partial charge in [0.05, 0.1) is 7.11 Å². The van der Waals surface area contributed by atoms with Gasteiger partial charge in [0.15, 0.2) is 0 Å². The van der Waals surface area contributed by atoms with Crippen LogP contribution >= 0.6 is 11.8 Å². The number of methoxy groups -OCH3 is 1. The van der Waals surface area contributed by atoms with Gasteiger partial charge in [-0.25, -0.2) is 9.59 Å². The molecule has 0 unspecified atom stereocenters. The molecule has 3 atom stereocenters. The average molecular weight is 507 g/mol. The van der Waals surface area contributed by atoms with Crippen LogP contribution in [0.3, 0.4) is 0 Å². The summed E-state index contributed by atoms with van der Waals surface area (Å²) in [5.41, 5.74) is 1.04. The first-order chi connectivity index (χ1) is 16.4. The van der Waals surface area contributed by atoms with Crippen LogP contribution in [0, 0.1) is 0 Å². The maximum atomic E-state index is 12.8. The Morgan fingerprint density at radius 2 is 1.71 bits per heavy atom. The highest BCUT2D eigenvalue weighted by molar-refractivity contribution is 7.98. The number of benzene rings is 1. The fourth-order valence-electron chi connectivity index (χ4n) is 3.33. The maximum absolute atomic E-state index is 12.8. The summed E-state index contributed by atoms with van der Waals surface area (Å²) in [6.07, 6.45) is 3.05. The monoisotopic (exact) mass is 506 g/mol. The van der Waals surface area contributed by atoms with Crippen LogP contribution in [0.2, 0.25) is 0 Å². The normalized spacial score (nSPS) is 13.9. The largest absolute Gasteiger partial charge is 0.467 e. The molecular formula is C24H34N4O6S. The number of para-hydroxylation sites is 1. The molecule has 0 radical (unpaired) electrons. The van der Waals surface area contributed by atoms with Crippen molar-refractivity contribution in [1.29, 1.82) is 0 Å². The molecule has 3 amide bonds. The number of carbonyl (C=O) groups is 4. The van der Waals surface area contributed by atoms with E-state index in [1.54, 1.807) is 33.2 Å². The van der Waals surface area contributed by atoms with Crippen molar-refractivity contribution in [3.8, 4) is 0 Å². The molecule has 0 saturated heterocycles. The predicted molar refractivity (Wildman–Crippen MR) is 135 cm³/mol. The lowest BCUT2D eigenvalue weighted by atomic mass is 10.0. The van der Waals surface area contributed by atoms with Gasteiger partial charge in [0.1, 0.15) is 23.7 Å². The van der Waals surface area contributed by atoms with Crippen LogP contribution in [-0.4, -0.2) is 71.7 Å². The van der Waals surface area contributed by atoms with E-state index in [2.05, 4.69) is 20.9 Å². The van der Waals surface area contributed by atoms with Crippen molar-refractivity contribution < 1.29 is 28.7 Å². The van der Waals surface area contributed by atoms with E-state index in [0.717, 1.165) is 16.5 Å². The smallest absolute Gasteiger partial charge is 0.408 e. The molecule has 2 rings (SSSR count). The topological polar surface area (TPSA) is 139 Å². The SMILES string of the molecule is COC(=O)[C@@H](Cc1c[nH]c2ccccc12)NC(=O)[C@H](C)NC(=O)[C@H](CSC)NC(=O)OC(C)(C)C. The molecule has 0 saturated carbocycles. The summed E-state index contributed by atoms with van der Waals surface area (Å²) in [4.78, 5) is 53.2. The van der Waals surface area contributed by atoms with Gasteiger partial charge in [-0.1, -0.05) is 18.2 Å². The van der Waals surface area contributed by atoms with Crippen molar-refractivity contribution in [3.63, 3.8) is 0 Å². The van der Waals surface area contributed by atoms with E-state index in [9.17, 15) is 19.2 Å². The third-order valence-corrected chi connectivity index (χ3v) is 5.66. The number of nitrogens with one attached hydrogen (secondary N) is 4. The molecule has 1 heterocycles. The summed E-state index contributed by atoms with van der Waals surface area (Å²) in [6, 6.07) is 4.80. The second-order valence-corrected chi connectivity index (χ2v) is 9.94. The van der Waals surface area contributed by atoms with Crippen molar-refractivity contribution in [3.05, 3.63) is 36.0 Å². The van der Waals surface area contributed by atoms with Crippen LogP contribution < -0.4 is 16.0 Å². The van der Waals surface area contributed by atoms with Gasteiger partial charge in [-0.3, -0.25) is 9.59 Å². The van der Waals surface area contributed by atoms with Gasteiger partial charge in [0, 0.05) is 29.3 Å². The molecule has 0 bridgehead atoms. The van der Waals surface area contributed by atoms with Crippen LogP contribution in [0.1, 0.15) is 33.3 Å². The number of H-pyrrole nitrogens is 1. The first-order valence-electron chi connectivity index (χ1n) is 11.2. The standard InChI is InChI=1S/C24H34N4O6S/c1-14(26-21(30)19(13-35-6)28-23(32)34-24(2,3)4)20(29)27-18(22(31)33-5)11-15-12-25-17-10-8-7-9-16(15)17/h7-10,12,14,18-19,25H,11,13H2,1-6H3,(H,26,30)(H,27,29)(H,28,32)/t14-,18+,19-/m0/s1. The number of rotatable bonds is 10. The zero-order valence-electron chi connectivity index (χ0n) is 20.9. The molecule has 1 aromatic heterocycles. The number of aromatic amines is 1. The van der Waals surface area contributed by atoms with Crippen LogP contribution in [-0.2, 0) is 30.3 Å². The van der Waals surface area contributed by atoms with Gasteiger partial charge in [-0.2, -0.15) is 11.8 Å². The number of carbonyl (C=O) groups excluding carboxylic acids is 4. The molecule has 192 valence electrons. The number of hydrogen-bond donors (Lipinski definition) is 4. The van der Waals surface area contributed by atoms with Crippen molar-refractivity contribution in [2.45, 2.75) is 57.8 Å². The van der Waals surface area contributed by atoms with E-state index in [-0.39, 0.29) is 12.2 Å². The number of thioether (sulfide) groups is 1. The van der Waals surface area contributed by atoms with E-state index in [1.165, 1.54) is 25.8 Å². The van der Waals surface area contributed by atoms with Gasteiger partial charge in [0.25, 0.3) is 0 Å². The molecule has 0 spiro atoms. The van der Waals surface area contributed by atoms with Gasteiger partial charge in [-0.15, -0.1) is 0 Å². The molecule has 0 fully saturated rings. The van der Waals surface area contributed by atoms with Gasteiger partial charge in [0.2, 0.25) is 11.8 Å². The maximum Gasteiger partial charge on any atom is 0.408 e. The minimum absolute atomic E-state index is 0.207. The number of hydrogen-bond acceptors (Lipinski definition) is 7. The molecular weight excluding hydrogens is 472 g/mol. The molecule has 0 aliphatic carbocycles. The van der Waals surface area contributed by atoms with Crippen molar-refractivity contribution in [2.75, 3.05) is 19.1 Å². The summed E-state index contributed by atoms with van der Waals surface area (Å²) in [5.74, 6) is -1.42. The molecule has 10 nitrogen and oxygen atoms in total. The Kier molecular flexibility index (Phi) is 10.00. The van der Waals surface area contributed by atoms with Crippen LogP contribution in [0.15, 0.2) is 30.5 Å². The molecule has 1 aromatic carbocycles. The number of esters is 1. The zero-order valence-corrected chi connectivity index (χ0v) is 21.7. The van der Waals surface area contributed by atoms with Gasteiger partial charge < -0.3 is 30.4 Å². The number of ether oxygens (including phenoxy) is 2. The Morgan fingerprint density at radius 1 is 1.03 bits per heavy atom. The van der Waals surface area contributed by atoms with Crippen molar-refractivity contribution in [1.82, 2.24) is 20.9 Å². The molecule has 2 aromatic rings. The van der Waals surface area contributed by atoms with Gasteiger partial charge >= 0.3 is 12.1 Å². The molecule has 4 N–H and O–H groups in total. The Bertz CT molecular complexity index is 1050. The molecule has 0 aliphatic heterocycles. The lowest BCUT2D eigenvalue weighted by molar-refractivity contribution is -0.145. The average Bonchev–Trinajstić information content (AvgIpc) is 3.19. The Morgan fingerprint density at radius 3 is 2.34 bits per heavy atom. The lowest BCUT2D eigenvalue weighted by Gasteiger charge is -2.24. The number of alkyl carbamates (subject to hydrolysis) is 1. The second-order valence-electron chi connectivity index (χ2n) is 9.03. The third-order valence-electron chi connectivity index (χ3n) is 4.99. The number of fused-ring (bicyclic) bond motifs is 1. The predicted octanol–water partition coefficient (Wildman–Crippen LogP) is 2.13. The van der Waals surface area contributed by atoms with Gasteiger partial charge in [-0.05, 0) is 45.6 Å². The Balaban J connectivity index is 2.04. The summed E-state index contributed by atoms with van der Waals surface area (Å²) in [5, 5.41) is 8.72. The second kappa shape index (κ2) is 12.5. The van der Waals surface area contributed by atoms with Crippen LogP contribution in [0.25, 0.3) is 10.9 Å². The quantitative estimate of drug-likeness (QED) is 0.362. The molecule has 35 heavy (non-hydrogen) atoms. The highest BCUT2D eigenvalue weighted by Crippen LogP contribution is 2.19. The summed E-state index contributed by atoms with van der Waals surface area (Å²) >= 11 is 1.36. The molecule has 0 aliphatic rings. The fraction of sp³-hybridized carbons (Fsp3) is 0.500. The highest BCUT2D eigenvalue weighted by atomic mass is 32.2. The Hall–Kier alpha value is -3.21. The summed E-state index contributed by atoms with van der Waals surface area (Å²) in [7, 11) is 1.25. The van der Waals surface area contributed by atoms with Crippen molar-refractivity contribution >= 4 is 46.5 Å². The van der Waals surface area contributed by atoms with E-state index in [0.29, 0.717) is 0 Å². The number of amides is 3. The summed E-state index contributed by atoms with van der Waals surface area (Å²) < 4.78 is 10.1. The Labute approximate surface area is 209 Å². The number of aromatic nitrogens is 1. The first kappa shape index (κ1) is 28.0. The van der Waals surface area contributed by atoms with Crippen LogP contribution in [0.4, 0.5) is 4.79 Å². The van der Waals surface area contributed by atoms with Crippen molar-refractivity contribution in [2.24, 2.45) is 0 Å². The lowest BCUT2D eigenvalue weighted by Crippen LogP contribution is -2.56. The minimum Gasteiger partial charge on any atom is -0.467 e. The summed E-state index contributed by atoms with van der Waals surface area (Å²) in [6.45, 7) is 6.65. The van der Waals surface area contributed by atoms with E-state index >= 15 is 0 Å².